The number of hydrogen-bond acceptors (Lipinski definition) is 5. The Kier molecular flexibility index (Phi) is 6.06. The van der Waals surface area contributed by atoms with E-state index in [0.29, 0.717) is 5.69 Å². The highest BCUT2D eigenvalue weighted by Crippen LogP contribution is 2.27. The summed E-state index contributed by atoms with van der Waals surface area (Å²) in [6, 6.07) is 15.9. The SMILES string of the molecule is O=C(Nc1ccc2nc(CN3CCOCC3)[nH]c2c1)c1nn(-c2ccccc2)c2c1CCCCC2. The molecule has 4 aromatic rings. The number of H-pyrrole nitrogens is 1. The zero-order valence-electron chi connectivity index (χ0n) is 19.8. The summed E-state index contributed by atoms with van der Waals surface area (Å²) >= 11 is 0. The van der Waals surface area contributed by atoms with Gasteiger partial charge >= 0.3 is 0 Å². The van der Waals surface area contributed by atoms with Crippen LogP contribution in [0.1, 0.15) is 46.8 Å². The van der Waals surface area contributed by atoms with E-state index in [2.05, 4.69) is 15.2 Å². The van der Waals surface area contributed by atoms with E-state index in [1.807, 2.05) is 53.2 Å². The van der Waals surface area contributed by atoms with Crippen molar-refractivity contribution in [2.75, 3.05) is 31.6 Å². The molecule has 0 spiro atoms. The van der Waals surface area contributed by atoms with Crippen LogP contribution in [0.5, 0.6) is 0 Å². The molecule has 8 heteroatoms. The summed E-state index contributed by atoms with van der Waals surface area (Å²) < 4.78 is 7.40. The predicted molar refractivity (Wildman–Crippen MR) is 135 cm³/mol. The minimum Gasteiger partial charge on any atom is -0.379 e. The van der Waals surface area contributed by atoms with E-state index in [4.69, 9.17) is 14.8 Å². The van der Waals surface area contributed by atoms with Crippen LogP contribution in [0.15, 0.2) is 48.5 Å². The van der Waals surface area contributed by atoms with Crippen molar-refractivity contribution >= 4 is 22.6 Å². The molecule has 0 atom stereocenters. The second kappa shape index (κ2) is 9.64. The van der Waals surface area contributed by atoms with Crippen molar-refractivity contribution in [3.05, 3.63) is 71.3 Å². The molecule has 1 fully saturated rings. The van der Waals surface area contributed by atoms with Gasteiger partial charge in [-0.2, -0.15) is 5.10 Å². The fourth-order valence-electron chi connectivity index (χ4n) is 5.12. The zero-order valence-corrected chi connectivity index (χ0v) is 19.8. The molecule has 0 bridgehead atoms. The van der Waals surface area contributed by atoms with Gasteiger partial charge in [-0.15, -0.1) is 0 Å². The number of amides is 1. The standard InChI is InChI=1S/C27H30N6O2/c34-27(26-21-9-5-2-6-10-24(21)33(31-26)20-7-3-1-4-8-20)28-19-11-12-22-23(17-19)30-25(29-22)18-32-13-15-35-16-14-32/h1,3-4,7-8,11-12,17H,2,5-6,9-10,13-16,18H2,(H,28,34)(H,29,30). The zero-order chi connectivity index (χ0) is 23.6. The fourth-order valence-corrected chi connectivity index (χ4v) is 5.12. The van der Waals surface area contributed by atoms with Gasteiger partial charge in [0.1, 0.15) is 5.82 Å². The van der Waals surface area contributed by atoms with E-state index in [1.54, 1.807) is 0 Å². The lowest BCUT2D eigenvalue weighted by molar-refractivity contribution is 0.0332. The average molecular weight is 471 g/mol. The van der Waals surface area contributed by atoms with Crippen molar-refractivity contribution in [1.82, 2.24) is 24.6 Å². The van der Waals surface area contributed by atoms with E-state index < -0.39 is 0 Å². The molecule has 1 saturated heterocycles. The number of carbonyl (C=O) groups excluding carboxylic acids is 1. The van der Waals surface area contributed by atoms with Crippen LogP contribution in [-0.2, 0) is 24.1 Å². The minimum atomic E-state index is -0.162. The summed E-state index contributed by atoms with van der Waals surface area (Å²) in [6.45, 7) is 4.12. The number of imidazole rings is 1. The molecule has 35 heavy (non-hydrogen) atoms. The van der Waals surface area contributed by atoms with E-state index in [9.17, 15) is 4.79 Å². The Hall–Kier alpha value is -3.49. The van der Waals surface area contributed by atoms with Crippen molar-refractivity contribution in [3.63, 3.8) is 0 Å². The second-order valence-electron chi connectivity index (χ2n) is 9.34. The summed E-state index contributed by atoms with van der Waals surface area (Å²) in [5, 5.41) is 7.89. The van der Waals surface area contributed by atoms with Crippen LogP contribution in [0.4, 0.5) is 5.69 Å². The number of para-hydroxylation sites is 1. The third-order valence-corrected chi connectivity index (χ3v) is 6.91. The van der Waals surface area contributed by atoms with Crippen LogP contribution < -0.4 is 5.32 Å². The molecule has 0 saturated carbocycles. The molecule has 6 rings (SSSR count). The Bertz CT molecular complexity index is 1340. The fraction of sp³-hybridized carbons (Fsp3) is 0.370. The van der Waals surface area contributed by atoms with Crippen molar-refractivity contribution in [2.24, 2.45) is 0 Å². The summed E-state index contributed by atoms with van der Waals surface area (Å²) in [4.78, 5) is 23.9. The highest BCUT2D eigenvalue weighted by atomic mass is 16.5. The Morgan fingerprint density at radius 1 is 1.03 bits per heavy atom. The highest BCUT2D eigenvalue weighted by Gasteiger charge is 2.25. The Morgan fingerprint density at radius 2 is 1.86 bits per heavy atom. The van der Waals surface area contributed by atoms with Gasteiger partial charge in [0.05, 0.1) is 36.5 Å². The Morgan fingerprint density at radius 3 is 2.71 bits per heavy atom. The number of aromatic amines is 1. The number of hydrogen-bond donors (Lipinski definition) is 2. The normalized spacial score (nSPS) is 16.7. The lowest BCUT2D eigenvalue weighted by atomic mass is 10.1. The quantitative estimate of drug-likeness (QED) is 0.429. The van der Waals surface area contributed by atoms with E-state index >= 15 is 0 Å². The van der Waals surface area contributed by atoms with Gasteiger partial charge in [-0.1, -0.05) is 24.6 Å². The molecule has 1 aliphatic carbocycles. The molecule has 3 heterocycles. The number of aromatic nitrogens is 4. The molecular formula is C27H30N6O2. The lowest BCUT2D eigenvalue weighted by Gasteiger charge is -2.25. The van der Waals surface area contributed by atoms with Gasteiger partial charge in [-0.3, -0.25) is 9.69 Å². The van der Waals surface area contributed by atoms with Gasteiger partial charge < -0.3 is 15.0 Å². The number of morpholine rings is 1. The summed E-state index contributed by atoms with van der Waals surface area (Å²) in [5.41, 5.74) is 6.32. The maximum atomic E-state index is 13.4. The first-order chi connectivity index (χ1) is 17.2. The summed E-state index contributed by atoms with van der Waals surface area (Å²) in [5.74, 6) is 0.766. The molecule has 2 N–H and O–H groups in total. The van der Waals surface area contributed by atoms with Crippen LogP contribution in [-0.4, -0.2) is 56.9 Å². The van der Waals surface area contributed by atoms with Crippen LogP contribution in [0.25, 0.3) is 16.7 Å². The summed E-state index contributed by atoms with van der Waals surface area (Å²) in [6.07, 6.45) is 5.20. The number of fused-ring (bicyclic) bond motifs is 2. The number of nitrogens with zero attached hydrogens (tertiary/aromatic N) is 4. The molecule has 0 radical (unpaired) electrons. The molecule has 8 nitrogen and oxygen atoms in total. The van der Waals surface area contributed by atoms with Gasteiger partial charge in [-0.05, 0) is 56.0 Å². The van der Waals surface area contributed by atoms with Crippen LogP contribution >= 0.6 is 0 Å². The van der Waals surface area contributed by atoms with Crippen LogP contribution in [0.3, 0.4) is 0 Å². The first-order valence-electron chi connectivity index (χ1n) is 12.5. The maximum absolute atomic E-state index is 13.4. The highest BCUT2D eigenvalue weighted by molar-refractivity contribution is 6.04. The number of anilines is 1. The van der Waals surface area contributed by atoms with Gasteiger partial charge in [-0.25, -0.2) is 9.67 Å². The molecule has 2 aliphatic rings. The largest absolute Gasteiger partial charge is 0.379 e. The maximum Gasteiger partial charge on any atom is 0.276 e. The average Bonchev–Trinajstić information content (AvgIpc) is 3.36. The number of benzene rings is 2. The second-order valence-corrected chi connectivity index (χ2v) is 9.34. The smallest absolute Gasteiger partial charge is 0.276 e. The van der Waals surface area contributed by atoms with Crippen LogP contribution in [0.2, 0.25) is 0 Å². The van der Waals surface area contributed by atoms with Crippen molar-refractivity contribution in [1.29, 1.82) is 0 Å². The molecular weight excluding hydrogens is 440 g/mol. The number of carbonyl (C=O) groups is 1. The number of nitrogens with one attached hydrogen (secondary N) is 2. The number of rotatable bonds is 5. The van der Waals surface area contributed by atoms with E-state index in [-0.39, 0.29) is 5.91 Å². The third-order valence-electron chi connectivity index (χ3n) is 6.91. The first-order valence-corrected chi connectivity index (χ1v) is 12.5. The molecule has 1 amide bonds. The Balaban J connectivity index is 1.25. The van der Waals surface area contributed by atoms with Gasteiger partial charge in [0.25, 0.3) is 5.91 Å². The first kappa shape index (κ1) is 22.0. The van der Waals surface area contributed by atoms with Gasteiger partial charge in [0, 0.05) is 30.0 Å². The molecule has 2 aromatic heterocycles. The van der Waals surface area contributed by atoms with Crippen molar-refractivity contribution < 1.29 is 9.53 Å². The lowest BCUT2D eigenvalue weighted by Crippen LogP contribution is -2.35. The van der Waals surface area contributed by atoms with E-state index in [0.717, 1.165) is 98.0 Å². The monoisotopic (exact) mass is 470 g/mol. The summed E-state index contributed by atoms with van der Waals surface area (Å²) in [7, 11) is 0. The number of ether oxygens (including phenoxy) is 1. The topological polar surface area (TPSA) is 88.1 Å². The third kappa shape index (κ3) is 4.59. The van der Waals surface area contributed by atoms with E-state index in [1.165, 1.54) is 6.42 Å². The molecule has 180 valence electrons. The predicted octanol–water partition coefficient (Wildman–Crippen LogP) is 4.10. The van der Waals surface area contributed by atoms with Crippen molar-refractivity contribution in [3.8, 4) is 5.69 Å². The van der Waals surface area contributed by atoms with Crippen molar-refractivity contribution in [2.45, 2.75) is 38.6 Å². The van der Waals surface area contributed by atoms with Gasteiger partial charge in [0.15, 0.2) is 5.69 Å². The Labute approximate surface area is 204 Å². The molecule has 2 aromatic carbocycles. The minimum absolute atomic E-state index is 0.162. The van der Waals surface area contributed by atoms with Gasteiger partial charge in [0.2, 0.25) is 0 Å². The molecule has 1 aliphatic heterocycles. The molecule has 0 unspecified atom stereocenters. The van der Waals surface area contributed by atoms with Crippen LogP contribution in [0, 0.1) is 0 Å².